The molecule has 0 aliphatic carbocycles. The van der Waals surface area contributed by atoms with Crippen molar-refractivity contribution in [3.8, 4) is 0 Å². The van der Waals surface area contributed by atoms with Crippen molar-refractivity contribution in [3.63, 3.8) is 0 Å². The number of sulfonamides is 1. The third-order valence-electron chi connectivity index (χ3n) is 4.43. The summed E-state index contributed by atoms with van der Waals surface area (Å²) in [5, 5.41) is 11.3. The number of hydrogen-bond acceptors (Lipinski definition) is 5. The summed E-state index contributed by atoms with van der Waals surface area (Å²) in [7, 11) is -2.19. The first-order valence-electron chi connectivity index (χ1n) is 9.03. The Morgan fingerprint density at radius 3 is 2.32 bits per heavy atom. The molecule has 0 heterocycles. The molecule has 0 unspecified atom stereocenters. The molecule has 3 aromatic rings. The molecule has 1 N–H and O–H groups in total. The molecule has 0 spiro atoms. The van der Waals surface area contributed by atoms with Crippen LogP contribution in [0.1, 0.15) is 15.9 Å². The van der Waals surface area contributed by atoms with Crippen molar-refractivity contribution in [3.05, 3.63) is 99.1 Å². The fourth-order valence-corrected chi connectivity index (χ4v) is 4.10. The van der Waals surface area contributed by atoms with E-state index in [-0.39, 0.29) is 23.0 Å². The van der Waals surface area contributed by atoms with Gasteiger partial charge in [0.25, 0.3) is 21.6 Å². The van der Waals surface area contributed by atoms with E-state index < -0.39 is 14.9 Å². The lowest BCUT2D eigenvalue weighted by Gasteiger charge is -2.18. The van der Waals surface area contributed by atoms with Crippen LogP contribution in [-0.2, 0) is 16.6 Å². The molecule has 0 saturated carbocycles. The van der Waals surface area contributed by atoms with Gasteiger partial charge in [-0.15, -0.1) is 0 Å². The quantitative estimate of drug-likeness (QED) is 0.418. The van der Waals surface area contributed by atoms with Gasteiger partial charge in [0.15, 0.2) is 0 Å². The number of non-ortho nitro benzene ring substituents is 1. The minimum absolute atomic E-state index is 0.0712. The largest absolute Gasteiger partial charge is 0.337 e. The van der Waals surface area contributed by atoms with Crippen molar-refractivity contribution in [1.82, 2.24) is 4.90 Å². The standard InChI is InChI=1S/C21H18ClN3O5S/c1-24(14-16-13-18(25(27)28)11-12-20(16)22)21(26)15-7-9-17(10-8-15)23-31(29,30)19-5-3-2-4-6-19/h2-13,23H,14H2,1H3. The molecule has 3 aromatic carbocycles. The Kier molecular flexibility index (Phi) is 6.57. The van der Waals surface area contributed by atoms with Gasteiger partial charge in [-0.2, -0.15) is 0 Å². The SMILES string of the molecule is CN(Cc1cc([N+](=O)[O-])ccc1Cl)C(=O)c1ccc(NS(=O)(=O)c2ccccc2)cc1. The number of halogens is 1. The number of anilines is 1. The molecule has 0 aromatic heterocycles. The minimum atomic E-state index is -3.73. The van der Waals surface area contributed by atoms with Crippen molar-refractivity contribution >= 4 is 38.9 Å². The third-order valence-corrected chi connectivity index (χ3v) is 6.20. The number of carbonyl (C=O) groups is 1. The van der Waals surface area contributed by atoms with Crippen LogP contribution in [0.3, 0.4) is 0 Å². The molecule has 160 valence electrons. The zero-order valence-corrected chi connectivity index (χ0v) is 17.9. The van der Waals surface area contributed by atoms with Gasteiger partial charge < -0.3 is 4.90 Å². The van der Waals surface area contributed by atoms with E-state index in [0.29, 0.717) is 21.8 Å². The number of nitro groups is 1. The average Bonchev–Trinajstić information content (AvgIpc) is 2.75. The van der Waals surface area contributed by atoms with Crippen molar-refractivity contribution in [2.24, 2.45) is 0 Å². The molecule has 0 radical (unpaired) electrons. The number of nitrogens with one attached hydrogen (secondary N) is 1. The minimum Gasteiger partial charge on any atom is -0.337 e. The molecule has 0 fully saturated rings. The second kappa shape index (κ2) is 9.15. The number of hydrogen-bond donors (Lipinski definition) is 1. The number of carbonyl (C=O) groups excluding carboxylic acids is 1. The van der Waals surface area contributed by atoms with Gasteiger partial charge in [-0.1, -0.05) is 29.8 Å². The normalized spacial score (nSPS) is 11.0. The Balaban J connectivity index is 1.72. The molecule has 0 aliphatic rings. The molecule has 3 rings (SSSR count). The van der Waals surface area contributed by atoms with Gasteiger partial charge in [0.1, 0.15) is 0 Å². The topological polar surface area (TPSA) is 110 Å². The maximum absolute atomic E-state index is 12.7. The molecule has 10 heteroatoms. The van der Waals surface area contributed by atoms with Crippen molar-refractivity contribution < 1.29 is 18.1 Å². The predicted molar refractivity (Wildman–Crippen MR) is 118 cm³/mol. The summed E-state index contributed by atoms with van der Waals surface area (Å²) in [5.74, 6) is -0.347. The smallest absolute Gasteiger partial charge is 0.269 e. The Morgan fingerprint density at radius 1 is 1.06 bits per heavy atom. The zero-order chi connectivity index (χ0) is 22.6. The first kappa shape index (κ1) is 22.3. The van der Waals surface area contributed by atoms with Crippen LogP contribution in [0.2, 0.25) is 5.02 Å². The van der Waals surface area contributed by atoms with Gasteiger partial charge in [-0.05, 0) is 48.0 Å². The van der Waals surface area contributed by atoms with E-state index >= 15 is 0 Å². The van der Waals surface area contributed by atoms with Crippen LogP contribution in [-0.4, -0.2) is 31.2 Å². The molecule has 31 heavy (non-hydrogen) atoms. The second-order valence-corrected chi connectivity index (χ2v) is 8.78. The van der Waals surface area contributed by atoms with E-state index in [1.807, 2.05) is 0 Å². The summed E-state index contributed by atoms with van der Waals surface area (Å²) in [4.78, 5) is 24.6. The summed E-state index contributed by atoms with van der Waals surface area (Å²) < 4.78 is 27.2. The highest BCUT2D eigenvalue weighted by Gasteiger charge is 2.17. The molecule has 0 atom stereocenters. The van der Waals surface area contributed by atoms with E-state index in [0.717, 1.165) is 0 Å². The van der Waals surface area contributed by atoms with E-state index in [1.165, 1.54) is 59.5 Å². The highest BCUT2D eigenvalue weighted by atomic mass is 35.5. The van der Waals surface area contributed by atoms with Gasteiger partial charge in [0.2, 0.25) is 0 Å². The average molecular weight is 460 g/mol. The first-order chi connectivity index (χ1) is 14.7. The van der Waals surface area contributed by atoms with Crippen LogP contribution in [0.4, 0.5) is 11.4 Å². The van der Waals surface area contributed by atoms with Crippen LogP contribution in [0.5, 0.6) is 0 Å². The third kappa shape index (κ3) is 5.39. The van der Waals surface area contributed by atoms with Crippen LogP contribution in [0.15, 0.2) is 77.7 Å². The number of nitro benzene ring substituents is 1. The molecule has 0 aliphatic heterocycles. The van der Waals surface area contributed by atoms with E-state index in [2.05, 4.69) is 4.72 Å². The van der Waals surface area contributed by atoms with Crippen LogP contribution >= 0.6 is 11.6 Å². The van der Waals surface area contributed by atoms with Gasteiger partial charge in [0, 0.05) is 42.0 Å². The molecule has 1 amide bonds. The molecule has 0 bridgehead atoms. The number of amides is 1. The second-order valence-electron chi connectivity index (χ2n) is 6.69. The zero-order valence-electron chi connectivity index (χ0n) is 16.4. The maximum Gasteiger partial charge on any atom is 0.269 e. The van der Waals surface area contributed by atoms with Crippen molar-refractivity contribution in [2.45, 2.75) is 11.4 Å². The molecule has 8 nitrogen and oxygen atoms in total. The highest BCUT2D eigenvalue weighted by molar-refractivity contribution is 7.92. The summed E-state index contributed by atoms with van der Waals surface area (Å²) in [5.41, 5.74) is 0.964. The fourth-order valence-electron chi connectivity index (χ4n) is 2.84. The highest BCUT2D eigenvalue weighted by Crippen LogP contribution is 2.24. The fraction of sp³-hybridized carbons (Fsp3) is 0.0952. The number of benzene rings is 3. The Bertz CT molecular complexity index is 1220. The van der Waals surface area contributed by atoms with Gasteiger partial charge in [-0.25, -0.2) is 8.42 Å². The van der Waals surface area contributed by atoms with Gasteiger partial charge in [0.05, 0.1) is 9.82 Å². The molecular weight excluding hydrogens is 442 g/mol. The number of rotatable bonds is 7. The van der Waals surface area contributed by atoms with E-state index in [4.69, 9.17) is 11.6 Å². The van der Waals surface area contributed by atoms with Gasteiger partial charge in [-0.3, -0.25) is 19.6 Å². The summed E-state index contributed by atoms with van der Waals surface area (Å²) in [6.45, 7) is 0.0712. The van der Waals surface area contributed by atoms with E-state index in [9.17, 15) is 23.3 Å². The Morgan fingerprint density at radius 2 is 1.71 bits per heavy atom. The summed E-state index contributed by atoms with van der Waals surface area (Å²) >= 11 is 6.10. The van der Waals surface area contributed by atoms with E-state index in [1.54, 1.807) is 25.2 Å². The molecule has 0 saturated heterocycles. The van der Waals surface area contributed by atoms with Crippen LogP contribution < -0.4 is 4.72 Å². The Hall–Kier alpha value is -3.43. The van der Waals surface area contributed by atoms with Crippen LogP contribution in [0.25, 0.3) is 0 Å². The monoisotopic (exact) mass is 459 g/mol. The first-order valence-corrected chi connectivity index (χ1v) is 10.9. The van der Waals surface area contributed by atoms with Gasteiger partial charge >= 0.3 is 0 Å². The predicted octanol–water partition coefficient (Wildman–Crippen LogP) is 4.32. The number of nitrogens with zero attached hydrogens (tertiary/aromatic N) is 2. The summed E-state index contributed by atoms with van der Waals surface area (Å²) in [6.07, 6.45) is 0. The van der Waals surface area contributed by atoms with Crippen molar-refractivity contribution in [2.75, 3.05) is 11.8 Å². The lowest BCUT2D eigenvalue weighted by atomic mass is 10.1. The maximum atomic E-state index is 12.7. The Labute approximate surface area is 184 Å². The molecular formula is C21H18ClN3O5S. The lowest BCUT2D eigenvalue weighted by Crippen LogP contribution is -2.26. The van der Waals surface area contributed by atoms with Crippen molar-refractivity contribution in [1.29, 1.82) is 0 Å². The van der Waals surface area contributed by atoms with Crippen LogP contribution in [0, 0.1) is 10.1 Å². The lowest BCUT2D eigenvalue weighted by molar-refractivity contribution is -0.384. The summed E-state index contributed by atoms with van der Waals surface area (Å²) in [6, 6.07) is 17.9.